The van der Waals surface area contributed by atoms with Crippen molar-refractivity contribution < 1.29 is 14.4 Å². The molecule has 0 radical (unpaired) electrons. The third-order valence-electron chi connectivity index (χ3n) is 5.59. The number of benzene rings is 1. The van der Waals surface area contributed by atoms with Crippen LogP contribution in [0.25, 0.3) is 0 Å². The van der Waals surface area contributed by atoms with E-state index in [0.717, 1.165) is 18.3 Å². The Morgan fingerprint density at radius 1 is 1.32 bits per heavy atom. The van der Waals surface area contributed by atoms with E-state index in [1.165, 1.54) is 0 Å². The molecule has 170 valence electrons. The van der Waals surface area contributed by atoms with Crippen LogP contribution in [0.15, 0.2) is 35.3 Å². The minimum absolute atomic E-state index is 0.00783. The van der Waals surface area contributed by atoms with Crippen LogP contribution < -0.4 is 22.1 Å². The van der Waals surface area contributed by atoms with Crippen LogP contribution in [0.5, 0.6) is 0 Å². The van der Waals surface area contributed by atoms with Crippen molar-refractivity contribution in [1.82, 2.24) is 15.5 Å². The highest BCUT2D eigenvalue weighted by atomic mass is 16.2. The smallest absolute Gasteiger partial charge is 0.243 e. The zero-order chi connectivity index (χ0) is 22.9. The summed E-state index contributed by atoms with van der Waals surface area (Å²) in [6.07, 6.45) is 3.52. The van der Waals surface area contributed by atoms with Crippen LogP contribution in [0.2, 0.25) is 0 Å². The molecule has 0 saturated carbocycles. The van der Waals surface area contributed by atoms with Crippen molar-refractivity contribution in [2.75, 3.05) is 20.1 Å². The average Bonchev–Trinajstić information content (AvgIpc) is 3.25. The van der Waals surface area contributed by atoms with E-state index in [0.29, 0.717) is 38.8 Å². The molecular formula is C22H34N6O3. The molecule has 1 unspecified atom stereocenters. The number of likely N-dealkylation sites (tertiary alicyclic amines) is 1. The van der Waals surface area contributed by atoms with Gasteiger partial charge >= 0.3 is 0 Å². The number of likely N-dealkylation sites (N-methyl/N-ethyl adjacent to an activating group) is 1. The second-order valence-electron chi connectivity index (χ2n) is 8.16. The van der Waals surface area contributed by atoms with Crippen LogP contribution in [0.3, 0.4) is 0 Å². The number of amides is 2. The highest BCUT2D eigenvalue weighted by Gasteiger charge is 2.39. The third kappa shape index (κ3) is 7.06. The van der Waals surface area contributed by atoms with E-state index in [9.17, 15) is 14.4 Å². The maximum atomic E-state index is 13.2. The van der Waals surface area contributed by atoms with Gasteiger partial charge in [-0.15, -0.1) is 0 Å². The van der Waals surface area contributed by atoms with Crippen molar-refractivity contribution in [2.45, 2.75) is 56.7 Å². The fourth-order valence-corrected chi connectivity index (χ4v) is 3.84. The molecule has 3 atom stereocenters. The Morgan fingerprint density at radius 2 is 2.03 bits per heavy atom. The number of nitrogens with zero attached hydrogens (tertiary/aromatic N) is 2. The standard InChI is InChI=1S/C22H34N6O3/c1-22(15-29,11-7-12-26-21(23)24)27-19(30)18-10-6-13-28(18)20(31)17(25-2)14-16-8-4-3-5-9-16/h3-5,8-9,15,17-18,25H,6-7,10-14H2,1-2H3,(H,27,30)(H4,23,24,26)/t17-,18+,22?/m1/s1. The Morgan fingerprint density at radius 3 is 2.65 bits per heavy atom. The van der Waals surface area contributed by atoms with Crippen molar-refractivity contribution in [3.63, 3.8) is 0 Å². The van der Waals surface area contributed by atoms with Crippen molar-refractivity contribution in [2.24, 2.45) is 16.5 Å². The lowest BCUT2D eigenvalue weighted by Gasteiger charge is -2.31. The fourth-order valence-electron chi connectivity index (χ4n) is 3.84. The minimum Gasteiger partial charge on any atom is -0.370 e. The van der Waals surface area contributed by atoms with Crippen LogP contribution in [0, 0.1) is 0 Å². The number of aldehydes is 1. The van der Waals surface area contributed by atoms with Crippen LogP contribution in [-0.2, 0) is 20.8 Å². The molecule has 0 bridgehead atoms. The normalized spacial score (nSPS) is 18.6. The summed E-state index contributed by atoms with van der Waals surface area (Å²) >= 11 is 0. The van der Waals surface area contributed by atoms with Crippen LogP contribution >= 0.6 is 0 Å². The van der Waals surface area contributed by atoms with Crippen LogP contribution in [-0.4, -0.2) is 66.7 Å². The summed E-state index contributed by atoms with van der Waals surface area (Å²) in [6.45, 7) is 2.56. The SMILES string of the molecule is CN[C@H](Cc1ccccc1)C(=O)N1CCC[C@H]1C(=O)NC(C)(C=O)CCCN=C(N)N. The van der Waals surface area contributed by atoms with Gasteiger partial charge in [0, 0.05) is 13.1 Å². The molecule has 0 spiro atoms. The molecule has 1 aliphatic rings. The van der Waals surface area contributed by atoms with Gasteiger partial charge in [0.15, 0.2) is 5.96 Å². The Balaban J connectivity index is 2.01. The zero-order valence-electron chi connectivity index (χ0n) is 18.3. The lowest BCUT2D eigenvalue weighted by molar-refractivity contribution is -0.141. The summed E-state index contributed by atoms with van der Waals surface area (Å²) in [4.78, 5) is 43.4. The molecule has 1 aromatic carbocycles. The van der Waals surface area contributed by atoms with E-state index in [1.807, 2.05) is 30.3 Å². The number of carbonyl (C=O) groups is 3. The summed E-state index contributed by atoms with van der Waals surface area (Å²) in [5.41, 5.74) is 10.6. The highest BCUT2D eigenvalue weighted by Crippen LogP contribution is 2.21. The van der Waals surface area contributed by atoms with E-state index in [2.05, 4.69) is 15.6 Å². The van der Waals surface area contributed by atoms with E-state index in [4.69, 9.17) is 11.5 Å². The monoisotopic (exact) mass is 430 g/mol. The summed E-state index contributed by atoms with van der Waals surface area (Å²) in [5.74, 6) is -0.423. The zero-order valence-corrected chi connectivity index (χ0v) is 18.3. The molecule has 0 aliphatic carbocycles. The Kier molecular flexibility index (Phi) is 8.99. The van der Waals surface area contributed by atoms with Gasteiger partial charge in [-0.2, -0.15) is 0 Å². The number of hydrogen-bond donors (Lipinski definition) is 4. The molecule has 1 aliphatic heterocycles. The average molecular weight is 431 g/mol. The van der Waals surface area contributed by atoms with Gasteiger partial charge in [0.25, 0.3) is 0 Å². The Hall–Kier alpha value is -2.94. The molecule has 2 rings (SSSR count). The van der Waals surface area contributed by atoms with Crippen molar-refractivity contribution in [3.05, 3.63) is 35.9 Å². The number of carbonyl (C=O) groups excluding carboxylic acids is 3. The molecule has 31 heavy (non-hydrogen) atoms. The molecule has 1 fully saturated rings. The number of rotatable bonds is 11. The third-order valence-corrected chi connectivity index (χ3v) is 5.59. The van der Waals surface area contributed by atoms with Gasteiger partial charge in [-0.3, -0.25) is 14.6 Å². The molecule has 0 aromatic heterocycles. The van der Waals surface area contributed by atoms with Gasteiger partial charge in [-0.1, -0.05) is 30.3 Å². The second-order valence-corrected chi connectivity index (χ2v) is 8.16. The molecule has 1 aromatic rings. The number of aliphatic imine (C=N–C) groups is 1. The van der Waals surface area contributed by atoms with Crippen molar-refractivity contribution >= 4 is 24.1 Å². The van der Waals surface area contributed by atoms with E-state index < -0.39 is 17.6 Å². The molecule has 1 heterocycles. The fraction of sp³-hybridized carbons (Fsp3) is 0.545. The lowest BCUT2D eigenvalue weighted by Crippen LogP contribution is -2.57. The van der Waals surface area contributed by atoms with E-state index in [-0.39, 0.29) is 17.8 Å². The highest BCUT2D eigenvalue weighted by molar-refractivity contribution is 5.92. The number of guanidine groups is 1. The molecular weight excluding hydrogens is 396 g/mol. The first-order chi connectivity index (χ1) is 14.8. The Labute approximate surface area is 183 Å². The topological polar surface area (TPSA) is 143 Å². The number of nitrogens with one attached hydrogen (secondary N) is 2. The summed E-state index contributed by atoms with van der Waals surface area (Å²) in [7, 11) is 1.75. The van der Waals surface area contributed by atoms with Gasteiger partial charge < -0.3 is 31.8 Å². The Bertz CT molecular complexity index is 781. The van der Waals surface area contributed by atoms with Gasteiger partial charge in [0.05, 0.1) is 11.6 Å². The predicted molar refractivity (Wildman–Crippen MR) is 120 cm³/mol. The lowest BCUT2D eigenvalue weighted by atomic mass is 9.96. The van der Waals surface area contributed by atoms with Gasteiger partial charge in [0.2, 0.25) is 11.8 Å². The number of hydrogen-bond acceptors (Lipinski definition) is 5. The summed E-state index contributed by atoms with van der Waals surface area (Å²) in [6, 6.07) is 8.75. The predicted octanol–water partition coefficient (Wildman–Crippen LogP) is -0.0645. The number of nitrogens with two attached hydrogens (primary N) is 2. The molecule has 9 heteroatoms. The van der Waals surface area contributed by atoms with Gasteiger partial charge in [-0.05, 0) is 51.6 Å². The second kappa shape index (κ2) is 11.5. The first kappa shape index (κ1) is 24.3. The van der Waals surface area contributed by atoms with Gasteiger partial charge in [-0.25, -0.2) is 0 Å². The van der Waals surface area contributed by atoms with Crippen LogP contribution in [0.4, 0.5) is 0 Å². The first-order valence-electron chi connectivity index (χ1n) is 10.6. The molecule has 6 N–H and O–H groups in total. The quantitative estimate of drug-likeness (QED) is 0.168. The summed E-state index contributed by atoms with van der Waals surface area (Å²) < 4.78 is 0. The van der Waals surface area contributed by atoms with Crippen molar-refractivity contribution in [1.29, 1.82) is 0 Å². The summed E-state index contributed by atoms with van der Waals surface area (Å²) in [5, 5.41) is 5.91. The van der Waals surface area contributed by atoms with Crippen LogP contribution in [0.1, 0.15) is 38.2 Å². The minimum atomic E-state index is -1.04. The largest absolute Gasteiger partial charge is 0.370 e. The maximum absolute atomic E-state index is 13.2. The molecule has 1 saturated heterocycles. The first-order valence-corrected chi connectivity index (χ1v) is 10.6. The molecule has 2 amide bonds. The van der Waals surface area contributed by atoms with E-state index >= 15 is 0 Å². The van der Waals surface area contributed by atoms with E-state index in [1.54, 1.807) is 18.9 Å². The van der Waals surface area contributed by atoms with Gasteiger partial charge in [0.1, 0.15) is 12.3 Å². The maximum Gasteiger partial charge on any atom is 0.243 e. The molecule has 9 nitrogen and oxygen atoms in total. The van der Waals surface area contributed by atoms with Crippen molar-refractivity contribution in [3.8, 4) is 0 Å².